The number of aromatic nitrogens is 2. The fourth-order valence-corrected chi connectivity index (χ4v) is 4.17. The molecule has 0 bridgehead atoms. The van der Waals surface area contributed by atoms with Crippen LogP contribution in [0.1, 0.15) is 10.4 Å². The fraction of sp³-hybridized carbons (Fsp3) is 0.105. The number of carbonyl (C=O) groups is 1. The molecule has 0 saturated heterocycles. The second-order valence-corrected chi connectivity index (χ2v) is 7.47. The molecule has 8 heteroatoms. The largest absolute Gasteiger partial charge is 0.497 e. The van der Waals surface area contributed by atoms with E-state index in [0.29, 0.717) is 5.56 Å². The van der Waals surface area contributed by atoms with Gasteiger partial charge in [0.1, 0.15) is 5.75 Å². The Labute approximate surface area is 163 Å². The summed E-state index contributed by atoms with van der Waals surface area (Å²) < 4.78 is 11.0. The van der Waals surface area contributed by atoms with Gasteiger partial charge in [-0.1, -0.05) is 23.5 Å². The SMILES string of the molecule is COC(=O)c1ccc(-c2csc(Nc3nc4cc(OC)ccc4s3)n2)cc1. The van der Waals surface area contributed by atoms with Gasteiger partial charge < -0.3 is 14.8 Å². The van der Waals surface area contributed by atoms with E-state index in [2.05, 4.69) is 15.3 Å². The van der Waals surface area contributed by atoms with Crippen LogP contribution in [0.2, 0.25) is 0 Å². The monoisotopic (exact) mass is 397 g/mol. The summed E-state index contributed by atoms with van der Waals surface area (Å²) in [7, 11) is 3.01. The molecule has 2 heterocycles. The van der Waals surface area contributed by atoms with E-state index in [1.165, 1.54) is 18.4 Å². The van der Waals surface area contributed by atoms with Crippen LogP contribution in [0.5, 0.6) is 5.75 Å². The van der Waals surface area contributed by atoms with E-state index in [9.17, 15) is 4.79 Å². The second-order valence-electron chi connectivity index (χ2n) is 5.58. The number of ether oxygens (including phenoxy) is 2. The van der Waals surface area contributed by atoms with Crippen LogP contribution in [0.3, 0.4) is 0 Å². The molecule has 1 N–H and O–H groups in total. The fourth-order valence-electron chi connectivity index (χ4n) is 2.54. The third kappa shape index (κ3) is 3.62. The average molecular weight is 397 g/mol. The van der Waals surface area contributed by atoms with Crippen molar-refractivity contribution in [3.05, 3.63) is 53.4 Å². The number of rotatable bonds is 5. The number of hydrogen-bond donors (Lipinski definition) is 1. The third-order valence-electron chi connectivity index (χ3n) is 3.91. The van der Waals surface area contributed by atoms with Crippen molar-refractivity contribution >= 4 is 49.1 Å². The molecule has 6 nitrogen and oxygen atoms in total. The molecular formula is C19H15N3O3S2. The van der Waals surface area contributed by atoms with Gasteiger partial charge >= 0.3 is 5.97 Å². The summed E-state index contributed by atoms with van der Waals surface area (Å²) >= 11 is 3.06. The van der Waals surface area contributed by atoms with Crippen molar-refractivity contribution in [2.24, 2.45) is 0 Å². The van der Waals surface area contributed by atoms with Crippen LogP contribution in [0, 0.1) is 0 Å². The van der Waals surface area contributed by atoms with Gasteiger partial charge in [0.05, 0.1) is 35.7 Å². The number of fused-ring (bicyclic) bond motifs is 1. The van der Waals surface area contributed by atoms with E-state index in [1.54, 1.807) is 30.6 Å². The zero-order valence-electron chi connectivity index (χ0n) is 14.6. The molecule has 0 saturated carbocycles. The Morgan fingerprint density at radius 3 is 2.59 bits per heavy atom. The number of benzene rings is 2. The van der Waals surface area contributed by atoms with E-state index in [4.69, 9.17) is 9.47 Å². The van der Waals surface area contributed by atoms with Crippen molar-refractivity contribution in [2.75, 3.05) is 19.5 Å². The number of hydrogen-bond acceptors (Lipinski definition) is 8. The summed E-state index contributed by atoms with van der Waals surface area (Å²) in [4.78, 5) is 20.7. The first-order valence-corrected chi connectivity index (χ1v) is 9.72. The summed E-state index contributed by atoms with van der Waals surface area (Å²) in [6, 6.07) is 13.0. The summed E-state index contributed by atoms with van der Waals surface area (Å²) in [5, 5.41) is 6.76. The first kappa shape index (κ1) is 17.4. The Kier molecular flexibility index (Phi) is 4.74. The second kappa shape index (κ2) is 7.34. The quantitative estimate of drug-likeness (QED) is 0.480. The van der Waals surface area contributed by atoms with Gasteiger partial charge in [0.2, 0.25) is 0 Å². The summed E-state index contributed by atoms with van der Waals surface area (Å²) in [6.07, 6.45) is 0. The van der Waals surface area contributed by atoms with Crippen LogP contribution in [0.15, 0.2) is 47.8 Å². The van der Waals surface area contributed by atoms with Gasteiger partial charge in [-0.15, -0.1) is 11.3 Å². The molecule has 4 aromatic rings. The van der Waals surface area contributed by atoms with Crippen LogP contribution in [0.25, 0.3) is 21.5 Å². The van der Waals surface area contributed by atoms with E-state index < -0.39 is 0 Å². The molecule has 4 rings (SSSR count). The smallest absolute Gasteiger partial charge is 0.337 e. The lowest BCUT2D eigenvalue weighted by Crippen LogP contribution is -2.00. The third-order valence-corrected chi connectivity index (χ3v) is 5.62. The first-order valence-electron chi connectivity index (χ1n) is 8.02. The van der Waals surface area contributed by atoms with Gasteiger partial charge in [0, 0.05) is 17.0 Å². The molecule has 2 aromatic carbocycles. The molecule has 0 aliphatic rings. The number of carbonyl (C=O) groups excluding carboxylic acids is 1. The van der Waals surface area contributed by atoms with Crippen molar-refractivity contribution in [1.29, 1.82) is 0 Å². The number of esters is 1. The van der Waals surface area contributed by atoms with Crippen LogP contribution >= 0.6 is 22.7 Å². The lowest BCUT2D eigenvalue weighted by atomic mass is 10.1. The van der Waals surface area contributed by atoms with Crippen LogP contribution in [-0.4, -0.2) is 30.2 Å². The molecule has 0 aliphatic heterocycles. The van der Waals surface area contributed by atoms with Crippen LogP contribution < -0.4 is 10.1 Å². The maximum Gasteiger partial charge on any atom is 0.337 e. The van der Waals surface area contributed by atoms with Crippen molar-refractivity contribution in [1.82, 2.24) is 9.97 Å². The highest BCUT2D eigenvalue weighted by Crippen LogP contribution is 2.32. The standard InChI is InChI=1S/C19H15N3O3S2/c1-24-13-7-8-16-14(9-13)20-19(27-16)22-18-21-15(10-26-18)11-3-5-12(6-4-11)17(23)25-2/h3-10H,1-2H3,(H,20,21,22). The van der Waals surface area contributed by atoms with E-state index >= 15 is 0 Å². The number of nitrogens with zero attached hydrogens (tertiary/aromatic N) is 2. The van der Waals surface area contributed by atoms with Crippen LogP contribution in [0.4, 0.5) is 10.3 Å². The minimum atomic E-state index is -0.352. The highest BCUT2D eigenvalue weighted by Gasteiger charge is 2.10. The van der Waals surface area contributed by atoms with Crippen molar-refractivity contribution in [2.45, 2.75) is 0 Å². The molecule has 0 spiro atoms. The molecule has 0 radical (unpaired) electrons. The predicted octanol–water partition coefficient (Wildman–Crippen LogP) is 4.96. The zero-order chi connectivity index (χ0) is 18.8. The Hall–Kier alpha value is -2.97. The van der Waals surface area contributed by atoms with Gasteiger partial charge in [-0.05, 0) is 24.3 Å². The van der Waals surface area contributed by atoms with Gasteiger partial charge in [-0.25, -0.2) is 14.8 Å². The topological polar surface area (TPSA) is 73.3 Å². The Morgan fingerprint density at radius 1 is 1.04 bits per heavy atom. The summed E-state index contributed by atoms with van der Waals surface area (Å²) in [5.74, 6) is 0.431. The van der Waals surface area contributed by atoms with Crippen molar-refractivity contribution in [3.63, 3.8) is 0 Å². The summed E-state index contributed by atoms with van der Waals surface area (Å²) in [5.41, 5.74) is 3.17. The van der Waals surface area contributed by atoms with E-state index in [0.717, 1.165) is 37.5 Å². The lowest BCUT2D eigenvalue weighted by molar-refractivity contribution is 0.0601. The molecule has 2 aromatic heterocycles. The Bertz CT molecular complexity index is 1100. The van der Waals surface area contributed by atoms with Gasteiger partial charge in [0.15, 0.2) is 10.3 Å². The number of anilines is 2. The minimum Gasteiger partial charge on any atom is -0.497 e. The van der Waals surface area contributed by atoms with E-state index in [-0.39, 0.29) is 5.97 Å². The normalized spacial score (nSPS) is 10.7. The summed E-state index contributed by atoms with van der Waals surface area (Å²) in [6.45, 7) is 0. The average Bonchev–Trinajstić information content (AvgIpc) is 3.33. The van der Waals surface area contributed by atoms with Gasteiger partial charge in [0.25, 0.3) is 0 Å². The van der Waals surface area contributed by atoms with Gasteiger partial charge in [-0.2, -0.15) is 0 Å². The molecule has 27 heavy (non-hydrogen) atoms. The molecule has 0 aliphatic carbocycles. The van der Waals surface area contributed by atoms with Crippen molar-refractivity contribution < 1.29 is 14.3 Å². The van der Waals surface area contributed by atoms with Crippen LogP contribution in [-0.2, 0) is 4.74 Å². The van der Waals surface area contributed by atoms with Crippen molar-refractivity contribution in [3.8, 4) is 17.0 Å². The maximum atomic E-state index is 11.5. The minimum absolute atomic E-state index is 0.352. The highest BCUT2D eigenvalue weighted by atomic mass is 32.1. The number of methoxy groups -OCH3 is 2. The highest BCUT2D eigenvalue weighted by molar-refractivity contribution is 7.22. The molecular weight excluding hydrogens is 382 g/mol. The molecule has 136 valence electrons. The molecule has 0 unspecified atom stereocenters. The number of thiazole rings is 2. The first-order chi connectivity index (χ1) is 13.2. The Morgan fingerprint density at radius 2 is 1.85 bits per heavy atom. The zero-order valence-corrected chi connectivity index (χ0v) is 16.2. The molecule has 0 amide bonds. The molecule has 0 atom stereocenters. The molecule has 0 fully saturated rings. The van der Waals surface area contributed by atoms with Gasteiger partial charge in [-0.3, -0.25) is 0 Å². The number of nitrogens with one attached hydrogen (secondary N) is 1. The Balaban J connectivity index is 1.53. The lowest BCUT2D eigenvalue weighted by Gasteiger charge is -2.00. The van der Waals surface area contributed by atoms with E-state index in [1.807, 2.05) is 35.7 Å². The maximum absolute atomic E-state index is 11.5. The predicted molar refractivity (Wildman–Crippen MR) is 108 cm³/mol.